The molecule has 166 valence electrons. The van der Waals surface area contributed by atoms with Crippen molar-refractivity contribution in [2.24, 2.45) is 11.1 Å². The highest BCUT2D eigenvalue weighted by Gasteiger charge is 2.29. The van der Waals surface area contributed by atoms with Gasteiger partial charge in [0.15, 0.2) is 5.13 Å². The van der Waals surface area contributed by atoms with Gasteiger partial charge in [-0.05, 0) is 60.7 Å². The van der Waals surface area contributed by atoms with Gasteiger partial charge in [0.2, 0.25) is 15.8 Å². The predicted molar refractivity (Wildman–Crippen MR) is 123 cm³/mol. The summed E-state index contributed by atoms with van der Waals surface area (Å²) >= 11 is 1.39. The molecule has 1 atom stereocenters. The number of nitrogens with zero attached hydrogens (tertiary/aromatic N) is 4. The molecule has 5 rings (SSSR count). The standard InChI is InChI=1S/C20H22N8O2S2/c1-10-2-4-14(16-17(10)31-20(21)24-16)13-5-3-12(8-11-6-7-23-9-11)18(32(22,29)30)15(13)19-25-27-28-26-19/h2-5,11,23H,6-9H2,1H3,(H2,21,24)(H2,22,29,30)(H,25,26,27,28)/t11-/m1/s1. The van der Waals surface area contributed by atoms with E-state index in [1.54, 1.807) is 0 Å². The number of sulfonamides is 1. The Morgan fingerprint density at radius 3 is 2.72 bits per heavy atom. The van der Waals surface area contributed by atoms with Crippen molar-refractivity contribution in [2.45, 2.75) is 24.7 Å². The number of thiazole rings is 1. The summed E-state index contributed by atoms with van der Waals surface area (Å²) < 4.78 is 26.7. The number of H-pyrrole nitrogens is 1. The number of benzene rings is 2. The number of anilines is 1. The van der Waals surface area contributed by atoms with E-state index in [2.05, 4.69) is 30.9 Å². The highest BCUT2D eigenvalue weighted by Crippen LogP contribution is 2.42. The van der Waals surface area contributed by atoms with Gasteiger partial charge < -0.3 is 11.1 Å². The molecule has 0 aliphatic carbocycles. The van der Waals surface area contributed by atoms with Crippen LogP contribution in [0.15, 0.2) is 29.2 Å². The molecular formula is C20H22N8O2S2. The maximum atomic E-state index is 12.9. The van der Waals surface area contributed by atoms with Crippen molar-refractivity contribution < 1.29 is 8.42 Å². The second kappa shape index (κ2) is 7.89. The molecule has 0 bridgehead atoms. The van der Waals surface area contributed by atoms with Crippen molar-refractivity contribution in [3.05, 3.63) is 35.4 Å². The van der Waals surface area contributed by atoms with Gasteiger partial charge >= 0.3 is 0 Å². The van der Waals surface area contributed by atoms with Gasteiger partial charge in [-0.15, -0.1) is 10.2 Å². The molecule has 0 radical (unpaired) electrons. The van der Waals surface area contributed by atoms with Gasteiger partial charge in [-0.3, -0.25) is 0 Å². The summed E-state index contributed by atoms with van der Waals surface area (Å²) in [5.74, 6) is 0.483. The molecule has 1 saturated heterocycles. The number of nitrogen functional groups attached to an aromatic ring is 1. The first-order chi connectivity index (χ1) is 15.3. The summed E-state index contributed by atoms with van der Waals surface area (Å²) in [5.41, 5.74) is 10.0. The number of nitrogens with two attached hydrogens (primary N) is 2. The molecule has 0 saturated carbocycles. The van der Waals surface area contributed by atoms with Crippen LogP contribution in [0.2, 0.25) is 0 Å². The third-order valence-corrected chi connectivity index (χ3v) is 7.87. The lowest BCUT2D eigenvalue weighted by Crippen LogP contribution is -2.19. The van der Waals surface area contributed by atoms with Crippen molar-refractivity contribution in [3.63, 3.8) is 0 Å². The molecule has 6 N–H and O–H groups in total. The lowest BCUT2D eigenvalue weighted by atomic mass is 9.91. The molecule has 1 aliphatic rings. The van der Waals surface area contributed by atoms with Crippen LogP contribution in [0.4, 0.5) is 5.13 Å². The molecule has 3 heterocycles. The lowest BCUT2D eigenvalue weighted by Gasteiger charge is -2.18. The Bertz CT molecular complexity index is 1410. The van der Waals surface area contributed by atoms with Crippen LogP contribution in [-0.4, -0.2) is 47.1 Å². The zero-order chi connectivity index (χ0) is 22.5. The third kappa shape index (κ3) is 3.64. The molecule has 4 aromatic rings. The maximum Gasteiger partial charge on any atom is 0.239 e. The number of rotatable bonds is 5. The van der Waals surface area contributed by atoms with Crippen molar-refractivity contribution in [2.75, 3.05) is 18.8 Å². The average Bonchev–Trinajstić information content (AvgIpc) is 3.49. The van der Waals surface area contributed by atoms with Gasteiger partial charge in [0.25, 0.3) is 0 Å². The smallest absolute Gasteiger partial charge is 0.239 e. The molecule has 1 fully saturated rings. The summed E-state index contributed by atoms with van der Waals surface area (Å²) in [7, 11) is -4.10. The number of tetrazole rings is 1. The molecule has 2 aromatic heterocycles. The van der Waals surface area contributed by atoms with E-state index in [1.807, 2.05) is 31.2 Å². The van der Waals surface area contributed by atoms with Crippen LogP contribution in [0.1, 0.15) is 17.5 Å². The van der Waals surface area contributed by atoms with Crippen molar-refractivity contribution in [3.8, 4) is 22.5 Å². The third-order valence-electron chi connectivity index (χ3n) is 5.81. The maximum absolute atomic E-state index is 12.9. The number of aromatic amines is 1. The van der Waals surface area contributed by atoms with E-state index >= 15 is 0 Å². The number of hydrogen-bond acceptors (Lipinski definition) is 9. The van der Waals surface area contributed by atoms with Crippen molar-refractivity contribution >= 4 is 36.7 Å². The predicted octanol–water partition coefficient (Wildman–Crippen LogP) is 1.83. The van der Waals surface area contributed by atoms with Crippen molar-refractivity contribution in [1.82, 2.24) is 30.9 Å². The van der Waals surface area contributed by atoms with Crippen molar-refractivity contribution in [1.29, 1.82) is 0 Å². The Balaban J connectivity index is 1.82. The summed E-state index contributed by atoms with van der Waals surface area (Å²) in [6.07, 6.45) is 1.55. The zero-order valence-corrected chi connectivity index (χ0v) is 18.9. The highest BCUT2D eigenvalue weighted by molar-refractivity contribution is 7.89. The number of nitrogens with one attached hydrogen (secondary N) is 2. The largest absolute Gasteiger partial charge is 0.375 e. The molecule has 32 heavy (non-hydrogen) atoms. The Morgan fingerprint density at radius 1 is 1.22 bits per heavy atom. The normalized spacial score (nSPS) is 16.8. The minimum absolute atomic E-state index is 0.0280. The van der Waals surface area contributed by atoms with Gasteiger partial charge in [0.1, 0.15) is 0 Å². The zero-order valence-electron chi connectivity index (χ0n) is 17.3. The molecule has 1 aliphatic heterocycles. The summed E-state index contributed by atoms with van der Waals surface area (Å²) in [5, 5.41) is 23.8. The van der Waals surface area contributed by atoms with E-state index in [0.29, 0.717) is 39.7 Å². The van der Waals surface area contributed by atoms with Crippen LogP contribution in [0.5, 0.6) is 0 Å². The van der Waals surface area contributed by atoms with E-state index in [1.165, 1.54) is 11.3 Å². The fourth-order valence-electron chi connectivity index (χ4n) is 4.39. The van der Waals surface area contributed by atoms with Gasteiger partial charge in [-0.2, -0.15) is 5.21 Å². The first kappa shape index (κ1) is 20.9. The van der Waals surface area contributed by atoms with Gasteiger partial charge in [-0.25, -0.2) is 18.5 Å². The number of primary sulfonamides is 1. The summed E-state index contributed by atoms with van der Waals surface area (Å²) in [4.78, 5) is 4.54. The van der Waals surface area contributed by atoms with Crippen LogP contribution >= 0.6 is 11.3 Å². The SMILES string of the molecule is Cc1ccc(-c2ccc(C[C@H]3CCNC3)c(S(N)(=O)=O)c2-c2nn[nH]n2)c2nc(N)sc12. The van der Waals surface area contributed by atoms with E-state index in [9.17, 15) is 8.42 Å². The van der Waals surface area contributed by atoms with Crippen LogP contribution in [0.3, 0.4) is 0 Å². The Kier molecular flexibility index (Phi) is 5.16. The minimum Gasteiger partial charge on any atom is -0.375 e. The Hall–Kier alpha value is -2.93. The minimum atomic E-state index is -4.10. The van der Waals surface area contributed by atoms with E-state index in [4.69, 9.17) is 10.9 Å². The fraction of sp³-hybridized carbons (Fsp3) is 0.300. The molecule has 0 spiro atoms. The topological polar surface area (TPSA) is 166 Å². The van der Waals surface area contributed by atoms with Crippen LogP contribution < -0.4 is 16.2 Å². The second-order valence-electron chi connectivity index (χ2n) is 7.98. The molecule has 12 heteroatoms. The summed E-state index contributed by atoms with van der Waals surface area (Å²) in [6, 6.07) is 7.59. The van der Waals surface area contributed by atoms with Gasteiger partial charge in [0, 0.05) is 5.56 Å². The van der Waals surface area contributed by atoms with Gasteiger partial charge in [-0.1, -0.05) is 35.6 Å². The summed E-state index contributed by atoms with van der Waals surface area (Å²) in [6.45, 7) is 3.73. The molecule has 0 amide bonds. The van der Waals surface area contributed by atoms with E-state index in [0.717, 1.165) is 35.3 Å². The van der Waals surface area contributed by atoms with Crippen LogP contribution in [-0.2, 0) is 16.4 Å². The molecular weight excluding hydrogens is 448 g/mol. The van der Waals surface area contributed by atoms with E-state index < -0.39 is 10.0 Å². The molecule has 10 nitrogen and oxygen atoms in total. The lowest BCUT2D eigenvalue weighted by molar-refractivity contribution is 0.568. The van der Waals surface area contributed by atoms with Crippen LogP contribution in [0.25, 0.3) is 32.7 Å². The van der Waals surface area contributed by atoms with E-state index in [-0.39, 0.29) is 10.7 Å². The first-order valence-corrected chi connectivity index (χ1v) is 12.5. The number of fused-ring (bicyclic) bond motifs is 1. The number of aryl methyl sites for hydroxylation is 1. The number of hydrogen-bond donors (Lipinski definition) is 4. The number of aromatic nitrogens is 5. The average molecular weight is 471 g/mol. The quantitative estimate of drug-likeness (QED) is 0.343. The van der Waals surface area contributed by atoms with Gasteiger partial charge in [0.05, 0.1) is 20.7 Å². The Morgan fingerprint density at radius 2 is 2.03 bits per heavy atom. The Labute approximate surface area is 188 Å². The highest BCUT2D eigenvalue weighted by atomic mass is 32.2. The molecule has 2 aromatic carbocycles. The first-order valence-electron chi connectivity index (χ1n) is 10.1. The molecule has 0 unspecified atom stereocenters. The van der Waals surface area contributed by atoms with Crippen LogP contribution in [0, 0.1) is 12.8 Å². The second-order valence-corrected chi connectivity index (χ2v) is 10.5. The monoisotopic (exact) mass is 470 g/mol. The fourth-order valence-corrected chi connectivity index (χ4v) is 6.22.